The van der Waals surface area contributed by atoms with E-state index in [1.807, 2.05) is 49.3 Å². The van der Waals surface area contributed by atoms with E-state index in [9.17, 15) is 13.8 Å². The molecule has 2 aliphatic rings. The Balaban J connectivity index is 1.53. The summed E-state index contributed by atoms with van der Waals surface area (Å²) in [6.07, 6.45) is 3.88. The third-order valence-electron chi connectivity index (χ3n) is 5.53. The zero-order valence-corrected chi connectivity index (χ0v) is 19.0. The molecule has 2 saturated heterocycles. The van der Waals surface area contributed by atoms with E-state index in [1.54, 1.807) is 0 Å². The molecule has 3 rings (SSSR count). The van der Waals surface area contributed by atoms with Crippen LogP contribution in [0.15, 0.2) is 29.2 Å². The first kappa shape index (κ1) is 22.7. The van der Waals surface area contributed by atoms with Crippen molar-refractivity contribution in [1.29, 1.82) is 0 Å². The molecule has 1 amide bonds. The topological polar surface area (TPSA) is 79.0 Å². The molecular formula is C22H33N3O4S. The third kappa shape index (κ3) is 6.28. The number of hydrogen-bond donors (Lipinski definition) is 1. The molecular weight excluding hydrogens is 402 g/mol. The average molecular weight is 436 g/mol. The van der Waals surface area contributed by atoms with E-state index in [1.165, 1.54) is 0 Å². The number of alkyl carbamates (subject to hydrolysis) is 1. The molecule has 1 aromatic rings. The highest BCUT2D eigenvalue weighted by molar-refractivity contribution is 7.82. The third-order valence-corrected chi connectivity index (χ3v) is 7.02. The van der Waals surface area contributed by atoms with E-state index >= 15 is 0 Å². The van der Waals surface area contributed by atoms with Crippen molar-refractivity contribution in [3.63, 3.8) is 0 Å². The Morgan fingerprint density at radius 3 is 2.40 bits per heavy atom. The fraction of sp³-hybridized carbons (Fsp3) is 0.636. The summed E-state index contributed by atoms with van der Waals surface area (Å²) in [7, 11) is -1.23. The lowest BCUT2D eigenvalue weighted by atomic mass is 9.98. The summed E-state index contributed by atoms with van der Waals surface area (Å²) >= 11 is 0. The summed E-state index contributed by atoms with van der Waals surface area (Å²) in [6.45, 7) is 8.54. The van der Waals surface area contributed by atoms with Crippen molar-refractivity contribution in [2.45, 2.75) is 63.0 Å². The molecule has 30 heavy (non-hydrogen) atoms. The predicted molar refractivity (Wildman–Crippen MR) is 118 cm³/mol. The van der Waals surface area contributed by atoms with E-state index in [0.29, 0.717) is 13.1 Å². The summed E-state index contributed by atoms with van der Waals surface area (Å²) in [4.78, 5) is 26.0. The molecule has 7 nitrogen and oxygen atoms in total. The summed E-state index contributed by atoms with van der Waals surface area (Å²) < 4.78 is 20.4. The van der Waals surface area contributed by atoms with E-state index in [-0.39, 0.29) is 12.0 Å². The molecule has 2 aliphatic heterocycles. The van der Waals surface area contributed by atoms with Gasteiger partial charge in [0, 0.05) is 43.8 Å². The van der Waals surface area contributed by atoms with Crippen LogP contribution in [-0.2, 0) is 20.5 Å². The molecule has 8 heteroatoms. The first-order valence-electron chi connectivity index (χ1n) is 10.7. The Morgan fingerprint density at radius 1 is 1.13 bits per heavy atom. The van der Waals surface area contributed by atoms with Gasteiger partial charge in [0.15, 0.2) is 0 Å². The van der Waals surface area contributed by atoms with Gasteiger partial charge in [0.1, 0.15) is 22.9 Å². The normalized spacial score (nSPS) is 20.6. The number of carbonyl (C=O) groups is 2. The van der Waals surface area contributed by atoms with Crippen LogP contribution in [0.5, 0.6) is 0 Å². The summed E-state index contributed by atoms with van der Waals surface area (Å²) in [6, 6.07) is 7.94. The molecule has 1 unspecified atom stereocenters. The SMILES string of the molecule is CC(C)(C)OC(=O)NC1CCN(S(=O)c2cccc(N3CCC(C=O)CC3)c2)CC1. The number of nitrogens with zero attached hydrogens (tertiary/aromatic N) is 2. The summed E-state index contributed by atoms with van der Waals surface area (Å²) in [5.41, 5.74) is 0.548. The number of rotatable bonds is 5. The molecule has 0 spiro atoms. The molecule has 2 fully saturated rings. The minimum absolute atomic E-state index is 0.0403. The number of hydrogen-bond acceptors (Lipinski definition) is 5. The first-order valence-corrected chi connectivity index (χ1v) is 11.8. The zero-order valence-electron chi connectivity index (χ0n) is 18.1. The number of carbonyl (C=O) groups excluding carboxylic acids is 2. The van der Waals surface area contributed by atoms with Crippen LogP contribution in [0, 0.1) is 5.92 Å². The summed E-state index contributed by atoms with van der Waals surface area (Å²) in [5.74, 6) is 0.161. The van der Waals surface area contributed by atoms with Crippen molar-refractivity contribution in [2.24, 2.45) is 5.92 Å². The quantitative estimate of drug-likeness (QED) is 0.719. The monoisotopic (exact) mass is 435 g/mol. The lowest BCUT2D eigenvalue weighted by Gasteiger charge is -2.33. The van der Waals surface area contributed by atoms with E-state index in [0.717, 1.165) is 55.6 Å². The maximum absolute atomic E-state index is 13.1. The number of aldehydes is 1. The zero-order chi connectivity index (χ0) is 21.7. The Morgan fingerprint density at radius 2 is 1.80 bits per heavy atom. The lowest BCUT2D eigenvalue weighted by molar-refractivity contribution is -0.111. The maximum atomic E-state index is 13.1. The van der Waals surface area contributed by atoms with E-state index in [2.05, 4.69) is 10.2 Å². The number of anilines is 1. The highest BCUT2D eigenvalue weighted by Gasteiger charge is 2.27. The minimum atomic E-state index is -1.23. The van der Waals surface area contributed by atoms with Gasteiger partial charge in [-0.15, -0.1) is 0 Å². The van der Waals surface area contributed by atoms with Crippen LogP contribution in [0.25, 0.3) is 0 Å². The molecule has 2 heterocycles. The van der Waals surface area contributed by atoms with Gasteiger partial charge in [-0.05, 0) is 64.7 Å². The minimum Gasteiger partial charge on any atom is -0.444 e. The fourth-order valence-electron chi connectivity index (χ4n) is 3.87. The van der Waals surface area contributed by atoms with Crippen molar-refractivity contribution in [1.82, 2.24) is 9.62 Å². The van der Waals surface area contributed by atoms with Crippen LogP contribution >= 0.6 is 0 Å². The van der Waals surface area contributed by atoms with Gasteiger partial charge in [-0.2, -0.15) is 0 Å². The summed E-state index contributed by atoms with van der Waals surface area (Å²) in [5, 5.41) is 2.92. The largest absolute Gasteiger partial charge is 0.444 e. The van der Waals surface area contributed by atoms with Crippen LogP contribution in [0.3, 0.4) is 0 Å². The van der Waals surface area contributed by atoms with Crippen LogP contribution in [0.1, 0.15) is 46.5 Å². The van der Waals surface area contributed by atoms with Crippen molar-refractivity contribution >= 4 is 29.1 Å². The van der Waals surface area contributed by atoms with Crippen molar-refractivity contribution in [3.8, 4) is 0 Å². The van der Waals surface area contributed by atoms with Gasteiger partial charge in [0.2, 0.25) is 0 Å². The van der Waals surface area contributed by atoms with Gasteiger partial charge in [-0.3, -0.25) is 0 Å². The average Bonchev–Trinajstić information content (AvgIpc) is 2.72. The van der Waals surface area contributed by atoms with E-state index in [4.69, 9.17) is 4.74 Å². The first-order chi connectivity index (χ1) is 14.2. The van der Waals surface area contributed by atoms with E-state index < -0.39 is 22.7 Å². The molecule has 0 aromatic heterocycles. The van der Waals surface area contributed by atoms with Crippen LogP contribution in [0.4, 0.5) is 10.5 Å². The standard InChI is InChI=1S/C22H33N3O4S/c1-22(2,3)29-21(27)23-18-9-13-25(14-10-18)30(28)20-6-4-5-19(15-20)24-11-7-17(16-26)8-12-24/h4-6,15-18H,7-14H2,1-3H3,(H,23,27). The van der Waals surface area contributed by atoms with Crippen molar-refractivity contribution in [3.05, 3.63) is 24.3 Å². The molecule has 0 aliphatic carbocycles. The number of amides is 1. The lowest BCUT2D eigenvalue weighted by Crippen LogP contribution is -2.46. The number of benzene rings is 1. The Bertz CT molecular complexity index is 764. The molecule has 1 atom stereocenters. The van der Waals surface area contributed by atoms with Gasteiger partial charge < -0.3 is 19.7 Å². The van der Waals surface area contributed by atoms with Gasteiger partial charge in [0.05, 0.1) is 4.90 Å². The van der Waals surface area contributed by atoms with Gasteiger partial charge in [-0.1, -0.05) is 6.07 Å². The van der Waals surface area contributed by atoms with Crippen LogP contribution < -0.4 is 10.2 Å². The Labute approximate surface area is 181 Å². The Hall–Kier alpha value is -1.93. The second-order valence-corrected chi connectivity index (χ2v) is 10.5. The predicted octanol–water partition coefficient (Wildman–Crippen LogP) is 3.11. The number of piperidine rings is 2. The van der Waals surface area contributed by atoms with Gasteiger partial charge in [0.25, 0.3) is 0 Å². The number of ether oxygens (including phenoxy) is 1. The second-order valence-electron chi connectivity index (χ2n) is 9.06. The van der Waals surface area contributed by atoms with Crippen LogP contribution in [0.2, 0.25) is 0 Å². The highest BCUT2D eigenvalue weighted by atomic mass is 32.2. The molecule has 0 saturated carbocycles. The molecule has 166 valence electrons. The smallest absolute Gasteiger partial charge is 0.407 e. The fourth-order valence-corrected chi connectivity index (χ4v) is 5.13. The maximum Gasteiger partial charge on any atom is 0.407 e. The molecule has 0 bridgehead atoms. The van der Waals surface area contributed by atoms with Gasteiger partial charge in [-0.25, -0.2) is 13.3 Å². The van der Waals surface area contributed by atoms with Crippen molar-refractivity contribution < 1.29 is 18.5 Å². The molecule has 1 aromatic carbocycles. The van der Waals surface area contributed by atoms with Gasteiger partial charge >= 0.3 is 6.09 Å². The van der Waals surface area contributed by atoms with Crippen LogP contribution in [-0.4, -0.2) is 58.7 Å². The molecule has 1 N–H and O–H groups in total. The number of nitrogens with one attached hydrogen (secondary N) is 1. The second kappa shape index (κ2) is 9.92. The Kier molecular flexibility index (Phi) is 7.52. The molecule has 0 radical (unpaired) electrons. The highest BCUT2D eigenvalue weighted by Crippen LogP contribution is 2.26. The van der Waals surface area contributed by atoms with Crippen molar-refractivity contribution in [2.75, 3.05) is 31.1 Å².